The molecule has 2 heterocycles. The molecule has 1 amide bonds. The number of aryl methyl sites for hydroxylation is 1. The smallest absolute Gasteiger partial charge is 0.336 e. The first-order chi connectivity index (χ1) is 11.4. The summed E-state index contributed by atoms with van der Waals surface area (Å²) in [7, 11) is 0. The number of carbonyl (C=O) groups excluding carboxylic acids is 1. The highest BCUT2D eigenvalue weighted by molar-refractivity contribution is 5.96. The fourth-order valence-electron chi connectivity index (χ4n) is 3.44. The minimum atomic E-state index is -4.43. The van der Waals surface area contributed by atoms with E-state index in [-0.39, 0.29) is 11.5 Å². The minimum absolute atomic E-state index is 0.154. The lowest BCUT2D eigenvalue weighted by atomic mass is 10.0. The van der Waals surface area contributed by atoms with Crippen LogP contribution in [-0.4, -0.2) is 61.0 Å². The molecule has 0 radical (unpaired) electrons. The third-order valence-electron chi connectivity index (χ3n) is 4.95. The van der Waals surface area contributed by atoms with Crippen molar-refractivity contribution in [2.45, 2.75) is 25.6 Å². The normalized spacial score (nSPS) is 22.8. The van der Waals surface area contributed by atoms with Crippen molar-refractivity contribution < 1.29 is 18.0 Å². The minimum Gasteiger partial charge on any atom is -0.336 e. The number of nitrogens with one attached hydrogen (secondary N) is 1. The summed E-state index contributed by atoms with van der Waals surface area (Å²) in [6.07, 6.45) is -3.32. The van der Waals surface area contributed by atoms with Crippen LogP contribution in [0.4, 0.5) is 13.2 Å². The van der Waals surface area contributed by atoms with Crippen LogP contribution >= 0.6 is 0 Å². The summed E-state index contributed by atoms with van der Waals surface area (Å²) < 4.78 is 38.7. The Hall–Kier alpha value is -1.60. The van der Waals surface area contributed by atoms with Gasteiger partial charge in [-0.15, -0.1) is 0 Å². The molecule has 0 saturated carbocycles. The Morgan fingerprint density at radius 2 is 1.92 bits per heavy atom. The lowest BCUT2D eigenvalue weighted by molar-refractivity contribution is -0.137. The molecule has 2 saturated heterocycles. The molecule has 1 atom stereocenters. The van der Waals surface area contributed by atoms with Crippen molar-refractivity contribution in [1.29, 1.82) is 0 Å². The van der Waals surface area contributed by atoms with E-state index in [1.807, 2.05) is 0 Å². The Kier molecular flexibility index (Phi) is 4.83. The molecule has 2 fully saturated rings. The van der Waals surface area contributed by atoms with Crippen molar-refractivity contribution in [3.63, 3.8) is 0 Å². The summed E-state index contributed by atoms with van der Waals surface area (Å²) in [5.74, 6) is -0.303. The van der Waals surface area contributed by atoms with Gasteiger partial charge in [-0.25, -0.2) is 0 Å². The monoisotopic (exact) mass is 341 g/mol. The number of benzene rings is 1. The van der Waals surface area contributed by atoms with Crippen molar-refractivity contribution >= 4 is 5.91 Å². The number of nitrogens with zero attached hydrogens (tertiary/aromatic N) is 2. The second-order valence-corrected chi connectivity index (χ2v) is 6.50. The van der Waals surface area contributed by atoms with Crippen molar-refractivity contribution in [2.75, 3.05) is 39.3 Å². The fourth-order valence-corrected chi connectivity index (χ4v) is 3.44. The maximum atomic E-state index is 12.9. The predicted octanol–water partition coefficient (Wildman–Crippen LogP) is 2.13. The van der Waals surface area contributed by atoms with Gasteiger partial charge in [0.2, 0.25) is 0 Å². The Morgan fingerprint density at radius 3 is 2.50 bits per heavy atom. The molecule has 1 aromatic carbocycles. The Morgan fingerprint density at radius 1 is 1.21 bits per heavy atom. The molecule has 0 aliphatic carbocycles. The standard InChI is InChI=1S/C17H22F3N3O/c1-12-2-3-13(17(18,19)20)10-15(12)16(24)23-8-6-22(7-9-23)14-4-5-21-11-14/h2-3,10,14,21H,4-9,11H2,1H3. The maximum absolute atomic E-state index is 12.9. The third-order valence-corrected chi connectivity index (χ3v) is 4.95. The van der Waals surface area contributed by atoms with Gasteiger partial charge in [0.05, 0.1) is 5.56 Å². The second-order valence-electron chi connectivity index (χ2n) is 6.50. The summed E-state index contributed by atoms with van der Waals surface area (Å²) in [4.78, 5) is 16.7. The highest BCUT2D eigenvalue weighted by atomic mass is 19.4. The average Bonchev–Trinajstić information content (AvgIpc) is 3.08. The average molecular weight is 341 g/mol. The highest BCUT2D eigenvalue weighted by Gasteiger charge is 2.33. The van der Waals surface area contributed by atoms with E-state index >= 15 is 0 Å². The number of hydrogen-bond donors (Lipinski definition) is 1. The van der Waals surface area contributed by atoms with E-state index in [1.54, 1.807) is 11.8 Å². The van der Waals surface area contributed by atoms with E-state index in [9.17, 15) is 18.0 Å². The van der Waals surface area contributed by atoms with Gasteiger partial charge in [0.25, 0.3) is 5.91 Å². The number of piperazine rings is 1. The zero-order valence-corrected chi connectivity index (χ0v) is 13.7. The molecule has 0 aromatic heterocycles. The first-order valence-electron chi connectivity index (χ1n) is 8.28. The molecule has 132 valence electrons. The van der Waals surface area contributed by atoms with Gasteiger partial charge in [-0.3, -0.25) is 9.69 Å². The molecule has 7 heteroatoms. The quantitative estimate of drug-likeness (QED) is 0.895. The van der Waals surface area contributed by atoms with Gasteiger partial charge in [-0.2, -0.15) is 13.2 Å². The Balaban J connectivity index is 1.69. The molecule has 1 unspecified atom stereocenters. The van der Waals surface area contributed by atoms with E-state index in [0.717, 1.165) is 44.7 Å². The van der Waals surface area contributed by atoms with Gasteiger partial charge in [0, 0.05) is 44.3 Å². The van der Waals surface area contributed by atoms with Crippen LogP contribution in [0.3, 0.4) is 0 Å². The number of halogens is 3. The van der Waals surface area contributed by atoms with Crippen LogP contribution in [0.1, 0.15) is 27.9 Å². The molecule has 1 aromatic rings. The number of amides is 1. The lowest BCUT2D eigenvalue weighted by Gasteiger charge is -2.38. The summed E-state index contributed by atoms with van der Waals surface area (Å²) in [5.41, 5.74) is -0.0386. The van der Waals surface area contributed by atoms with Crippen LogP contribution < -0.4 is 5.32 Å². The molecule has 4 nitrogen and oxygen atoms in total. The number of rotatable bonds is 2. The van der Waals surface area contributed by atoms with Crippen molar-refractivity contribution in [3.05, 3.63) is 34.9 Å². The van der Waals surface area contributed by atoms with Crippen molar-refractivity contribution in [2.24, 2.45) is 0 Å². The fraction of sp³-hybridized carbons (Fsp3) is 0.588. The largest absolute Gasteiger partial charge is 0.416 e. The molecule has 3 rings (SSSR count). The second kappa shape index (κ2) is 6.72. The molecular formula is C17H22F3N3O. The first-order valence-corrected chi connectivity index (χ1v) is 8.28. The summed E-state index contributed by atoms with van der Waals surface area (Å²) in [6.45, 7) is 6.34. The molecular weight excluding hydrogens is 319 g/mol. The summed E-state index contributed by atoms with van der Waals surface area (Å²) in [6, 6.07) is 3.89. The van der Waals surface area contributed by atoms with Crippen LogP contribution in [0.2, 0.25) is 0 Å². The first kappa shape index (κ1) is 17.2. The van der Waals surface area contributed by atoms with Crippen LogP contribution in [0.25, 0.3) is 0 Å². The van der Waals surface area contributed by atoms with Crippen LogP contribution in [0, 0.1) is 6.92 Å². The van der Waals surface area contributed by atoms with Gasteiger partial charge in [0.15, 0.2) is 0 Å². The van der Waals surface area contributed by atoms with E-state index in [0.29, 0.717) is 24.7 Å². The van der Waals surface area contributed by atoms with E-state index in [4.69, 9.17) is 0 Å². The zero-order chi connectivity index (χ0) is 17.3. The van der Waals surface area contributed by atoms with Gasteiger partial charge in [0.1, 0.15) is 0 Å². The molecule has 0 bridgehead atoms. The Labute approximate surface area is 139 Å². The highest BCUT2D eigenvalue weighted by Crippen LogP contribution is 2.31. The van der Waals surface area contributed by atoms with Crippen LogP contribution in [0.5, 0.6) is 0 Å². The maximum Gasteiger partial charge on any atom is 0.416 e. The number of hydrogen-bond acceptors (Lipinski definition) is 3. The van der Waals surface area contributed by atoms with E-state index < -0.39 is 11.7 Å². The van der Waals surface area contributed by atoms with Gasteiger partial charge in [-0.05, 0) is 37.6 Å². The molecule has 24 heavy (non-hydrogen) atoms. The van der Waals surface area contributed by atoms with Gasteiger partial charge in [-0.1, -0.05) is 6.07 Å². The van der Waals surface area contributed by atoms with E-state index in [2.05, 4.69) is 10.2 Å². The van der Waals surface area contributed by atoms with E-state index in [1.165, 1.54) is 6.07 Å². The van der Waals surface area contributed by atoms with Crippen LogP contribution in [0.15, 0.2) is 18.2 Å². The van der Waals surface area contributed by atoms with Crippen molar-refractivity contribution in [1.82, 2.24) is 15.1 Å². The molecule has 0 spiro atoms. The SMILES string of the molecule is Cc1ccc(C(F)(F)F)cc1C(=O)N1CCN(C2CCNC2)CC1. The van der Waals surface area contributed by atoms with Crippen LogP contribution in [-0.2, 0) is 6.18 Å². The zero-order valence-electron chi connectivity index (χ0n) is 13.7. The van der Waals surface area contributed by atoms with Gasteiger partial charge >= 0.3 is 6.18 Å². The van der Waals surface area contributed by atoms with Gasteiger partial charge < -0.3 is 10.2 Å². The topological polar surface area (TPSA) is 35.6 Å². The van der Waals surface area contributed by atoms with Crippen molar-refractivity contribution in [3.8, 4) is 0 Å². The molecule has 2 aliphatic heterocycles. The number of alkyl halides is 3. The summed E-state index contributed by atoms with van der Waals surface area (Å²) >= 11 is 0. The summed E-state index contributed by atoms with van der Waals surface area (Å²) in [5, 5.41) is 3.33. The molecule has 1 N–H and O–H groups in total. The predicted molar refractivity (Wildman–Crippen MR) is 84.9 cm³/mol. The third kappa shape index (κ3) is 3.57. The Bertz CT molecular complexity index is 604. The number of carbonyl (C=O) groups is 1. The lowest BCUT2D eigenvalue weighted by Crippen LogP contribution is -2.52. The molecule has 2 aliphatic rings.